The van der Waals surface area contributed by atoms with Crippen molar-refractivity contribution >= 4 is 23.4 Å². The Bertz CT molecular complexity index is 868. The zero-order chi connectivity index (χ0) is 22.7. The van der Waals surface area contributed by atoms with Crippen LogP contribution in [0.15, 0.2) is 29.3 Å². The summed E-state index contributed by atoms with van der Waals surface area (Å²) < 4.78 is 0. The second-order valence-electron chi connectivity index (χ2n) is 10.2. The van der Waals surface area contributed by atoms with Crippen LogP contribution in [0.3, 0.4) is 0 Å². The Morgan fingerprint density at radius 3 is 2.53 bits per heavy atom. The number of benzene rings is 1. The molecule has 3 heterocycles. The Labute approximate surface area is 193 Å². The van der Waals surface area contributed by atoms with Gasteiger partial charge in [0.1, 0.15) is 0 Å². The predicted octanol–water partition coefficient (Wildman–Crippen LogP) is 5.02. The average Bonchev–Trinajstić information content (AvgIpc) is 3.25. The van der Waals surface area contributed by atoms with Crippen molar-refractivity contribution in [2.75, 3.05) is 25.4 Å². The van der Waals surface area contributed by atoms with E-state index in [-0.39, 0.29) is 11.9 Å². The molecule has 1 aromatic rings. The van der Waals surface area contributed by atoms with Crippen LogP contribution in [0.5, 0.6) is 0 Å². The van der Waals surface area contributed by atoms with Gasteiger partial charge in [-0.15, -0.1) is 0 Å². The second kappa shape index (κ2) is 10.2. The summed E-state index contributed by atoms with van der Waals surface area (Å²) in [4.78, 5) is 22.7. The van der Waals surface area contributed by atoms with Gasteiger partial charge in [-0.2, -0.15) is 0 Å². The van der Waals surface area contributed by atoms with E-state index in [9.17, 15) is 4.79 Å². The molecule has 3 atom stereocenters. The number of rotatable bonds is 3. The maximum absolute atomic E-state index is 13.4. The Kier molecular flexibility index (Phi) is 7.34. The third-order valence-electron chi connectivity index (χ3n) is 7.59. The first-order chi connectivity index (χ1) is 15.4. The van der Waals surface area contributed by atoms with Crippen LogP contribution in [-0.2, 0) is 0 Å². The summed E-state index contributed by atoms with van der Waals surface area (Å²) >= 11 is 0. The van der Waals surface area contributed by atoms with E-state index in [0.29, 0.717) is 18.0 Å². The molecule has 3 unspecified atom stereocenters. The molecule has 0 radical (unpaired) electrons. The fraction of sp³-hybridized carbons (Fsp3) is 0.630. The van der Waals surface area contributed by atoms with E-state index in [2.05, 4.69) is 43.0 Å². The molecule has 2 saturated heterocycles. The van der Waals surface area contributed by atoms with Crippen molar-refractivity contribution in [1.29, 1.82) is 0 Å². The summed E-state index contributed by atoms with van der Waals surface area (Å²) in [5.41, 5.74) is 10.1. The summed E-state index contributed by atoms with van der Waals surface area (Å²) in [7, 11) is 0. The fourth-order valence-corrected chi connectivity index (χ4v) is 5.66. The van der Waals surface area contributed by atoms with E-state index in [1.165, 1.54) is 25.0 Å². The Hall–Kier alpha value is -2.14. The lowest BCUT2D eigenvalue weighted by atomic mass is 9.93. The lowest BCUT2D eigenvalue weighted by Crippen LogP contribution is -2.47. The number of carbonyl (C=O) groups is 1. The monoisotopic (exact) mass is 436 g/mol. The lowest BCUT2D eigenvalue weighted by molar-refractivity contribution is 0.0611. The van der Waals surface area contributed by atoms with Crippen molar-refractivity contribution in [2.45, 2.75) is 83.8 Å². The normalized spacial score (nSPS) is 29.8. The topological polar surface area (TPSA) is 61.9 Å². The number of hydrogen-bond acceptors (Lipinski definition) is 4. The molecule has 5 heteroatoms. The second-order valence-corrected chi connectivity index (χ2v) is 10.2. The SMILES string of the molecule is CC1C=NC(C)/C=C(/c2cc(C(=O)N3CCC(N4CCCC4C)CC3)ccc2N)CCC1. The predicted molar refractivity (Wildman–Crippen MR) is 134 cm³/mol. The van der Waals surface area contributed by atoms with E-state index in [1.54, 1.807) is 0 Å². The van der Waals surface area contributed by atoms with Crippen molar-refractivity contribution in [3.05, 3.63) is 35.4 Å². The molecule has 5 nitrogen and oxygen atoms in total. The van der Waals surface area contributed by atoms with Crippen molar-refractivity contribution in [3.8, 4) is 0 Å². The number of hydrogen-bond donors (Lipinski definition) is 1. The number of amides is 1. The van der Waals surface area contributed by atoms with Gasteiger partial charge in [0.2, 0.25) is 0 Å². The highest BCUT2D eigenvalue weighted by molar-refractivity contribution is 5.96. The molecular weight excluding hydrogens is 396 g/mol. The summed E-state index contributed by atoms with van der Waals surface area (Å²) in [6, 6.07) is 7.28. The Morgan fingerprint density at radius 1 is 1.03 bits per heavy atom. The molecule has 0 aromatic heterocycles. The molecule has 1 amide bonds. The highest BCUT2D eigenvalue weighted by Gasteiger charge is 2.32. The quantitative estimate of drug-likeness (QED) is 0.677. The maximum atomic E-state index is 13.4. The van der Waals surface area contributed by atoms with Gasteiger partial charge >= 0.3 is 0 Å². The third kappa shape index (κ3) is 5.25. The first kappa shape index (κ1) is 23.0. The van der Waals surface area contributed by atoms with E-state index < -0.39 is 0 Å². The van der Waals surface area contributed by atoms with E-state index in [0.717, 1.165) is 62.0 Å². The average molecular weight is 437 g/mol. The number of aliphatic imine (C=N–C) groups is 1. The van der Waals surface area contributed by atoms with E-state index >= 15 is 0 Å². The van der Waals surface area contributed by atoms with E-state index in [4.69, 9.17) is 5.73 Å². The van der Waals surface area contributed by atoms with Gasteiger partial charge in [0.15, 0.2) is 0 Å². The van der Waals surface area contributed by atoms with Crippen LogP contribution in [0, 0.1) is 5.92 Å². The minimum absolute atomic E-state index is 0.122. The third-order valence-corrected chi connectivity index (χ3v) is 7.59. The molecule has 0 saturated carbocycles. The van der Waals surface area contributed by atoms with Gasteiger partial charge in [-0.3, -0.25) is 14.7 Å². The number of carbonyl (C=O) groups excluding carboxylic acids is 1. The lowest BCUT2D eigenvalue weighted by Gasteiger charge is -2.38. The maximum Gasteiger partial charge on any atom is 0.253 e. The largest absolute Gasteiger partial charge is 0.398 e. The van der Waals surface area contributed by atoms with Crippen molar-refractivity contribution in [1.82, 2.24) is 9.80 Å². The highest BCUT2D eigenvalue weighted by atomic mass is 16.2. The minimum Gasteiger partial charge on any atom is -0.398 e. The van der Waals surface area contributed by atoms with E-state index in [1.807, 2.05) is 23.1 Å². The molecule has 2 fully saturated rings. The number of nitrogens with two attached hydrogens (primary N) is 1. The molecule has 3 aliphatic heterocycles. The summed E-state index contributed by atoms with van der Waals surface area (Å²) in [5, 5.41) is 0. The van der Waals surface area contributed by atoms with Crippen LogP contribution in [-0.4, -0.2) is 59.7 Å². The molecule has 174 valence electrons. The first-order valence-electron chi connectivity index (χ1n) is 12.6. The number of nitrogens with zero attached hydrogens (tertiary/aromatic N) is 3. The van der Waals surface area contributed by atoms with Crippen LogP contribution >= 0.6 is 0 Å². The van der Waals surface area contributed by atoms with Gasteiger partial charge in [-0.1, -0.05) is 13.0 Å². The summed E-state index contributed by atoms with van der Waals surface area (Å²) in [6.45, 7) is 9.60. The van der Waals surface area contributed by atoms with Crippen molar-refractivity contribution < 1.29 is 4.79 Å². The number of nitrogen functional groups attached to an aromatic ring is 1. The van der Waals surface area contributed by atoms with Crippen LogP contribution < -0.4 is 5.73 Å². The summed E-state index contributed by atoms with van der Waals surface area (Å²) in [5.74, 6) is 0.643. The first-order valence-corrected chi connectivity index (χ1v) is 12.6. The zero-order valence-corrected chi connectivity index (χ0v) is 20.1. The molecule has 0 bridgehead atoms. The number of allylic oxidation sites excluding steroid dienone is 1. The Morgan fingerprint density at radius 2 is 1.81 bits per heavy atom. The van der Waals surface area contributed by atoms with Gasteiger partial charge in [0, 0.05) is 48.2 Å². The molecule has 3 aliphatic rings. The number of piperidine rings is 1. The minimum atomic E-state index is 0.122. The Balaban J connectivity index is 1.47. The molecule has 2 N–H and O–H groups in total. The van der Waals surface area contributed by atoms with Crippen molar-refractivity contribution in [3.63, 3.8) is 0 Å². The standard InChI is InChI=1S/C27H40N4O/c1-19-6-4-8-22(16-20(2)29-18-19)25-17-23(9-10-26(25)28)27(32)30-14-11-24(12-15-30)31-13-5-7-21(31)3/h9-10,16-21,24H,4-8,11-15,28H2,1-3H3/b22-16+,29-18?. The molecular formula is C27H40N4O. The van der Waals surface area contributed by atoms with Gasteiger partial charge in [-0.05, 0) is 95.0 Å². The van der Waals surface area contributed by atoms with Gasteiger partial charge < -0.3 is 10.6 Å². The number of likely N-dealkylation sites (tertiary alicyclic amines) is 2. The summed E-state index contributed by atoms with van der Waals surface area (Å²) in [6.07, 6.45) is 12.3. The van der Waals surface area contributed by atoms with Crippen molar-refractivity contribution in [2.24, 2.45) is 10.9 Å². The highest BCUT2D eigenvalue weighted by Crippen LogP contribution is 2.31. The van der Waals surface area contributed by atoms with Crippen LogP contribution in [0.4, 0.5) is 5.69 Å². The molecule has 4 rings (SSSR count). The zero-order valence-electron chi connectivity index (χ0n) is 20.1. The van der Waals surface area contributed by atoms with Gasteiger partial charge in [0.25, 0.3) is 5.91 Å². The molecule has 0 spiro atoms. The van der Waals surface area contributed by atoms with Crippen LogP contribution in [0.2, 0.25) is 0 Å². The fourth-order valence-electron chi connectivity index (χ4n) is 5.66. The van der Waals surface area contributed by atoms with Crippen LogP contribution in [0.1, 0.15) is 81.6 Å². The smallest absolute Gasteiger partial charge is 0.253 e. The van der Waals surface area contributed by atoms with Gasteiger partial charge in [0.05, 0.1) is 6.04 Å². The van der Waals surface area contributed by atoms with Crippen LogP contribution in [0.25, 0.3) is 5.57 Å². The molecule has 32 heavy (non-hydrogen) atoms. The molecule has 1 aromatic carbocycles. The van der Waals surface area contributed by atoms with Gasteiger partial charge in [-0.25, -0.2) is 0 Å². The molecule has 0 aliphatic carbocycles. The number of anilines is 1.